The lowest BCUT2D eigenvalue weighted by Crippen LogP contribution is -2.15. The molecule has 0 spiro atoms. The molecule has 0 bridgehead atoms. The molecule has 1 heterocycles. The Labute approximate surface area is 121 Å². The zero-order valence-corrected chi connectivity index (χ0v) is 11.7. The number of furan rings is 1. The number of hydrogen-bond donors (Lipinski definition) is 2. The van der Waals surface area contributed by atoms with Gasteiger partial charge in [-0.25, -0.2) is 4.79 Å². The van der Waals surface area contributed by atoms with Gasteiger partial charge < -0.3 is 14.8 Å². The lowest BCUT2D eigenvalue weighted by molar-refractivity contribution is 0.0698. The number of carboxylic acids is 1. The molecule has 1 aromatic carbocycles. The summed E-state index contributed by atoms with van der Waals surface area (Å²) >= 11 is 8.97. The van der Waals surface area contributed by atoms with E-state index in [2.05, 4.69) is 21.2 Å². The fourth-order valence-corrected chi connectivity index (χ4v) is 2.11. The van der Waals surface area contributed by atoms with Crippen molar-refractivity contribution in [1.82, 2.24) is 0 Å². The maximum absolute atomic E-state index is 12.0. The van der Waals surface area contributed by atoms with Crippen LogP contribution in [0.4, 0.5) is 5.69 Å². The van der Waals surface area contributed by atoms with Gasteiger partial charge in [-0.3, -0.25) is 4.79 Å². The van der Waals surface area contributed by atoms with Crippen LogP contribution in [0, 0.1) is 0 Å². The number of aromatic carboxylic acids is 1. The van der Waals surface area contributed by atoms with Gasteiger partial charge in [-0.15, -0.1) is 0 Å². The van der Waals surface area contributed by atoms with Crippen molar-refractivity contribution in [2.75, 3.05) is 5.32 Å². The molecule has 0 aliphatic heterocycles. The van der Waals surface area contributed by atoms with Crippen molar-refractivity contribution < 1.29 is 19.1 Å². The second-order valence-corrected chi connectivity index (χ2v) is 4.66. The number of rotatable bonds is 3. The van der Waals surface area contributed by atoms with Crippen LogP contribution in [0.1, 0.15) is 20.7 Å². The predicted molar refractivity (Wildman–Crippen MR) is 72.8 cm³/mol. The molecule has 0 fully saturated rings. The number of benzene rings is 1. The van der Waals surface area contributed by atoms with E-state index in [1.165, 1.54) is 30.5 Å². The molecule has 1 aromatic heterocycles. The van der Waals surface area contributed by atoms with E-state index in [1.807, 2.05) is 0 Å². The zero-order chi connectivity index (χ0) is 14.0. The van der Waals surface area contributed by atoms with Gasteiger partial charge in [0.05, 0.1) is 28.1 Å². The number of anilines is 1. The molecule has 0 unspecified atom stereocenters. The third-order valence-electron chi connectivity index (χ3n) is 2.35. The van der Waals surface area contributed by atoms with Crippen LogP contribution in [0.25, 0.3) is 0 Å². The quantitative estimate of drug-likeness (QED) is 0.891. The average molecular weight is 345 g/mol. The number of carboxylic acid groups (broad SMARTS) is 1. The Hall–Kier alpha value is -1.79. The van der Waals surface area contributed by atoms with Gasteiger partial charge in [0.25, 0.3) is 5.91 Å². The van der Waals surface area contributed by atoms with Crippen LogP contribution in [-0.4, -0.2) is 17.0 Å². The molecule has 5 nitrogen and oxygen atoms in total. The Morgan fingerprint density at radius 1 is 1.26 bits per heavy atom. The molecule has 98 valence electrons. The van der Waals surface area contributed by atoms with Crippen LogP contribution < -0.4 is 5.32 Å². The minimum Gasteiger partial charge on any atom is -0.478 e. The first-order valence-electron chi connectivity index (χ1n) is 5.07. The van der Waals surface area contributed by atoms with Crippen molar-refractivity contribution in [2.45, 2.75) is 0 Å². The molecular formula is C12H7BrClNO4. The molecule has 19 heavy (non-hydrogen) atoms. The second kappa shape index (κ2) is 5.46. The lowest BCUT2D eigenvalue weighted by atomic mass is 10.1. The van der Waals surface area contributed by atoms with Crippen LogP contribution >= 0.6 is 27.5 Å². The Kier molecular flexibility index (Phi) is 3.92. The minimum atomic E-state index is -1.18. The van der Waals surface area contributed by atoms with Gasteiger partial charge >= 0.3 is 5.97 Å². The molecule has 0 aliphatic rings. The Morgan fingerprint density at radius 3 is 2.58 bits per heavy atom. The molecular weight excluding hydrogens is 337 g/mol. The van der Waals surface area contributed by atoms with Gasteiger partial charge in [-0.2, -0.15) is 0 Å². The van der Waals surface area contributed by atoms with Crippen LogP contribution in [0.2, 0.25) is 5.02 Å². The van der Waals surface area contributed by atoms with E-state index < -0.39 is 11.9 Å². The van der Waals surface area contributed by atoms with E-state index >= 15 is 0 Å². The highest BCUT2D eigenvalue weighted by molar-refractivity contribution is 9.10. The van der Waals surface area contributed by atoms with E-state index in [1.54, 1.807) is 0 Å². The molecule has 0 radical (unpaired) electrons. The summed E-state index contributed by atoms with van der Waals surface area (Å²) in [5, 5.41) is 11.7. The molecule has 0 atom stereocenters. The summed E-state index contributed by atoms with van der Waals surface area (Å²) in [5.74, 6) is -1.69. The highest BCUT2D eigenvalue weighted by Gasteiger charge is 2.18. The standard InChI is InChI=1S/C12H7BrClNO4/c13-10-7(4-5-19-10)11(16)15-9-6(12(17)18)2-1-3-8(9)14/h1-5H,(H,15,16)(H,17,18). The second-order valence-electron chi connectivity index (χ2n) is 3.53. The van der Waals surface area contributed by atoms with E-state index in [4.69, 9.17) is 21.1 Å². The number of carbonyl (C=O) groups excluding carboxylic acids is 1. The first-order valence-corrected chi connectivity index (χ1v) is 6.24. The first-order chi connectivity index (χ1) is 9.00. The average Bonchev–Trinajstić information content (AvgIpc) is 2.77. The number of carbonyl (C=O) groups is 2. The van der Waals surface area contributed by atoms with Crippen molar-refractivity contribution >= 4 is 45.1 Å². The monoisotopic (exact) mass is 343 g/mol. The normalized spacial score (nSPS) is 10.2. The largest absolute Gasteiger partial charge is 0.478 e. The van der Waals surface area contributed by atoms with Crippen LogP contribution in [0.3, 0.4) is 0 Å². The highest BCUT2D eigenvalue weighted by Crippen LogP contribution is 2.27. The van der Waals surface area contributed by atoms with Crippen molar-refractivity contribution in [3.8, 4) is 0 Å². The summed E-state index contributed by atoms with van der Waals surface area (Å²) in [5.41, 5.74) is 0.214. The predicted octanol–water partition coefficient (Wildman–Crippen LogP) is 3.65. The topological polar surface area (TPSA) is 79.5 Å². The van der Waals surface area contributed by atoms with Gasteiger partial charge in [0.2, 0.25) is 0 Å². The molecule has 0 aliphatic carbocycles. The smallest absolute Gasteiger partial charge is 0.337 e. The zero-order valence-electron chi connectivity index (χ0n) is 9.31. The van der Waals surface area contributed by atoms with Gasteiger partial charge in [0.1, 0.15) is 0 Å². The Balaban J connectivity index is 2.36. The molecule has 2 rings (SSSR count). The molecule has 2 aromatic rings. The lowest BCUT2D eigenvalue weighted by Gasteiger charge is -2.09. The highest BCUT2D eigenvalue weighted by atomic mass is 79.9. The number of hydrogen-bond acceptors (Lipinski definition) is 3. The van der Waals surface area contributed by atoms with Crippen molar-refractivity contribution in [3.63, 3.8) is 0 Å². The van der Waals surface area contributed by atoms with Crippen molar-refractivity contribution in [3.05, 3.63) is 51.3 Å². The Morgan fingerprint density at radius 2 is 2.00 bits per heavy atom. The maximum atomic E-state index is 12.0. The summed E-state index contributed by atoms with van der Waals surface area (Å²) in [6.45, 7) is 0. The first kappa shape index (κ1) is 13.6. The molecule has 0 saturated heterocycles. The van der Waals surface area contributed by atoms with Gasteiger partial charge in [-0.05, 0) is 34.1 Å². The third kappa shape index (κ3) is 2.80. The summed E-state index contributed by atoms with van der Waals surface area (Å²) < 4.78 is 5.20. The van der Waals surface area contributed by atoms with Gasteiger partial charge in [0, 0.05) is 0 Å². The SMILES string of the molecule is O=C(Nc1c(Cl)cccc1C(=O)O)c1ccoc1Br. The summed E-state index contributed by atoms with van der Waals surface area (Å²) in [4.78, 5) is 23.0. The Bertz CT molecular complexity index is 653. The summed E-state index contributed by atoms with van der Waals surface area (Å²) in [6, 6.07) is 5.80. The maximum Gasteiger partial charge on any atom is 0.337 e. The number of amides is 1. The van der Waals surface area contributed by atoms with Crippen LogP contribution in [-0.2, 0) is 0 Å². The van der Waals surface area contributed by atoms with Crippen molar-refractivity contribution in [1.29, 1.82) is 0 Å². The van der Waals surface area contributed by atoms with E-state index in [0.717, 1.165) is 0 Å². The molecule has 2 N–H and O–H groups in total. The minimum absolute atomic E-state index is 0.0507. The van der Waals surface area contributed by atoms with Crippen LogP contribution in [0.15, 0.2) is 39.6 Å². The number of nitrogens with one attached hydrogen (secondary N) is 1. The van der Waals surface area contributed by atoms with Gasteiger partial charge in [0.15, 0.2) is 4.67 Å². The fourth-order valence-electron chi connectivity index (χ4n) is 1.47. The number of halogens is 2. The van der Waals surface area contributed by atoms with E-state index in [0.29, 0.717) is 0 Å². The molecule has 7 heteroatoms. The van der Waals surface area contributed by atoms with Gasteiger partial charge in [-0.1, -0.05) is 17.7 Å². The molecule has 1 amide bonds. The number of para-hydroxylation sites is 1. The summed E-state index contributed by atoms with van der Waals surface area (Å²) in [6.07, 6.45) is 1.34. The fraction of sp³-hybridized carbons (Fsp3) is 0. The van der Waals surface area contributed by atoms with Crippen LogP contribution in [0.5, 0.6) is 0 Å². The molecule has 0 saturated carbocycles. The third-order valence-corrected chi connectivity index (χ3v) is 3.27. The van der Waals surface area contributed by atoms with E-state index in [9.17, 15) is 9.59 Å². The van der Waals surface area contributed by atoms with Crippen molar-refractivity contribution in [2.24, 2.45) is 0 Å². The summed E-state index contributed by atoms with van der Waals surface area (Å²) in [7, 11) is 0. The van der Waals surface area contributed by atoms with E-state index in [-0.39, 0.29) is 26.5 Å².